The van der Waals surface area contributed by atoms with Crippen molar-refractivity contribution in [2.45, 2.75) is 51.2 Å². The van der Waals surface area contributed by atoms with Crippen LogP contribution in [-0.2, 0) is 16.6 Å². The summed E-state index contributed by atoms with van der Waals surface area (Å²) in [6.07, 6.45) is 2.61. The van der Waals surface area contributed by atoms with E-state index in [2.05, 4.69) is 9.71 Å². The molecule has 8 heteroatoms. The number of nitrogens with one attached hydrogen (secondary N) is 2. The molecule has 0 fully saturated rings. The number of nitrogens with zero attached hydrogens (tertiary/aromatic N) is 2. The molecule has 0 bridgehead atoms. The van der Waals surface area contributed by atoms with Gasteiger partial charge < -0.3 is 10.3 Å². The number of aryl methyl sites for hydroxylation is 2. The van der Waals surface area contributed by atoms with Crippen LogP contribution in [-0.4, -0.2) is 29.8 Å². The van der Waals surface area contributed by atoms with Crippen LogP contribution >= 0.6 is 0 Å². The second-order valence-electron chi connectivity index (χ2n) is 4.57. The molecule has 7 nitrogen and oxygen atoms in total. The zero-order valence-electron chi connectivity index (χ0n) is 11.5. The van der Waals surface area contributed by atoms with Gasteiger partial charge in [0.2, 0.25) is 0 Å². The number of hydrogen-bond acceptors (Lipinski definition) is 4. The van der Waals surface area contributed by atoms with E-state index in [0.29, 0.717) is 5.82 Å². The van der Waals surface area contributed by atoms with Crippen LogP contribution in [0.5, 0.6) is 0 Å². The van der Waals surface area contributed by atoms with E-state index in [1.807, 2.05) is 11.5 Å². The molecule has 1 rings (SSSR count). The highest BCUT2D eigenvalue weighted by atomic mass is 32.2. The molecular formula is C11H21N5O2S. The first kappa shape index (κ1) is 15.6. The van der Waals surface area contributed by atoms with Crippen LogP contribution in [0.2, 0.25) is 0 Å². The molecule has 0 spiro atoms. The van der Waals surface area contributed by atoms with E-state index in [9.17, 15) is 8.42 Å². The predicted molar refractivity (Wildman–Crippen MR) is 73.6 cm³/mol. The second kappa shape index (κ2) is 6.16. The van der Waals surface area contributed by atoms with Crippen molar-refractivity contribution < 1.29 is 8.42 Å². The standard InChI is InChI=1S/C11H21N5O2S/c1-4-5-16-7-11(14-9(16)3)19(17,18)15-8(2)6-10(12)13/h7-8,15H,4-6H2,1-3H3,(H3,12,13). The van der Waals surface area contributed by atoms with E-state index in [0.717, 1.165) is 13.0 Å². The zero-order valence-corrected chi connectivity index (χ0v) is 12.3. The molecule has 1 aromatic heterocycles. The quantitative estimate of drug-likeness (QED) is 0.503. The lowest BCUT2D eigenvalue weighted by Crippen LogP contribution is -2.35. The van der Waals surface area contributed by atoms with Crippen LogP contribution < -0.4 is 10.5 Å². The minimum atomic E-state index is -3.66. The normalized spacial score (nSPS) is 13.4. The van der Waals surface area contributed by atoms with Gasteiger partial charge in [-0.2, -0.15) is 0 Å². The second-order valence-corrected chi connectivity index (χ2v) is 6.23. The SMILES string of the molecule is CCCn1cc(S(=O)(=O)NC(C)CC(=N)N)nc1C. The minimum absolute atomic E-state index is 0.00820. The van der Waals surface area contributed by atoms with Crippen LogP contribution in [0.4, 0.5) is 0 Å². The fourth-order valence-corrected chi connectivity index (χ4v) is 3.02. The summed E-state index contributed by atoms with van der Waals surface area (Å²) in [5.41, 5.74) is 5.25. The third-order valence-electron chi connectivity index (χ3n) is 2.58. The number of sulfonamides is 1. The van der Waals surface area contributed by atoms with Gasteiger partial charge in [0.1, 0.15) is 5.82 Å². The Morgan fingerprint density at radius 3 is 2.79 bits per heavy atom. The molecule has 0 saturated carbocycles. The summed E-state index contributed by atoms with van der Waals surface area (Å²) in [5, 5.41) is 7.16. The van der Waals surface area contributed by atoms with Crippen LogP contribution in [0.15, 0.2) is 11.2 Å². The first-order chi connectivity index (χ1) is 8.76. The van der Waals surface area contributed by atoms with Crippen molar-refractivity contribution in [3.63, 3.8) is 0 Å². The highest BCUT2D eigenvalue weighted by Gasteiger charge is 2.21. The molecule has 0 aliphatic carbocycles. The molecule has 0 amide bonds. The fraction of sp³-hybridized carbons (Fsp3) is 0.636. The Morgan fingerprint density at radius 2 is 2.26 bits per heavy atom. The van der Waals surface area contributed by atoms with Crippen molar-refractivity contribution >= 4 is 15.9 Å². The highest BCUT2D eigenvalue weighted by Crippen LogP contribution is 2.10. The Morgan fingerprint density at radius 1 is 1.63 bits per heavy atom. The molecule has 19 heavy (non-hydrogen) atoms. The van der Waals surface area contributed by atoms with Gasteiger partial charge in [0.05, 0.1) is 5.84 Å². The third-order valence-corrected chi connectivity index (χ3v) is 4.04. The van der Waals surface area contributed by atoms with Crippen molar-refractivity contribution in [1.29, 1.82) is 5.41 Å². The maximum atomic E-state index is 12.1. The smallest absolute Gasteiger partial charge is 0.259 e. The zero-order chi connectivity index (χ0) is 14.6. The van der Waals surface area contributed by atoms with Crippen molar-refractivity contribution in [2.75, 3.05) is 0 Å². The Bertz CT molecular complexity index is 549. The topological polar surface area (TPSA) is 114 Å². The Hall–Kier alpha value is -1.41. The van der Waals surface area contributed by atoms with E-state index < -0.39 is 16.1 Å². The Labute approximate surface area is 113 Å². The van der Waals surface area contributed by atoms with Gasteiger partial charge in [0.25, 0.3) is 10.0 Å². The van der Waals surface area contributed by atoms with E-state index >= 15 is 0 Å². The van der Waals surface area contributed by atoms with Crippen LogP contribution in [0, 0.1) is 12.3 Å². The summed E-state index contributed by atoms with van der Waals surface area (Å²) in [4.78, 5) is 4.06. The van der Waals surface area contributed by atoms with E-state index in [-0.39, 0.29) is 17.3 Å². The van der Waals surface area contributed by atoms with Crippen LogP contribution in [0.3, 0.4) is 0 Å². The molecule has 0 aromatic carbocycles. The largest absolute Gasteiger partial charge is 0.388 e. The molecule has 0 aliphatic heterocycles. The first-order valence-electron chi connectivity index (χ1n) is 6.15. The monoisotopic (exact) mass is 287 g/mol. The number of amidine groups is 1. The van der Waals surface area contributed by atoms with Gasteiger partial charge >= 0.3 is 0 Å². The van der Waals surface area contributed by atoms with E-state index in [1.54, 1.807) is 13.8 Å². The number of hydrogen-bond donors (Lipinski definition) is 3. The number of nitrogens with two attached hydrogens (primary N) is 1. The molecule has 0 radical (unpaired) electrons. The Balaban J connectivity index is 2.88. The molecule has 0 saturated heterocycles. The average molecular weight is 287 g/mol. The van der Waals surface area contributed by atoms with Crippen molar-refractivity contribution in [3.8, 4) is 0 Å². The van der Waals surface area contributed by atoms with Crippen LogP contribution in [0.25, 0.3) is 0 Å². The summed E-state index contributed by atoms with van der Waals surface area (Å²) in [6, 6.07) is -0.431. The van der Waals surface area contributed by atoms with Gasteiger partial charge in [-0.15, -0.1) is 0 Å². The fourth-order valence-electron chi connectivity index (χ4n) is 1.77. The van der Waals surface area contributed by atoms with E-state index in [4.69, 9.17) is 11.1 Å². The molecule has 1 unspecified atom stereocenters. The number of rotatable bonds is 7. The molecule has 108 valence electrons. The lowest BCUT2D eigenvalue weighted by Gasteiger charge is -2.11. The lowest BCUT2D eigenvalue weighted by atomic mass is 10.2. The van der Waals surface area contributed by atoms with Crippen molar-refractivity contribution in [2.24, 2.45) is 5.73 Å². The number of aromatic nitrogens is 2. The molecule has 0 aliphatic rings. The van der Waals surface area contributed by atoms with Gasteiger partial charge in [-0.05, 0) is 20.3 Å². The van der Waals surface area contributed by atoms with Gasteiger partial charge in [-0.3, -0.25) is 5.41 Å². The highest BCUT2D eigenvalue weighted by molar-refractivity contribution is 7.89. The van der Waals surface area contributed by atoms with Crippen molar-refractivity contribution in [3.05, 3.63) is 12.0 Å². The molecule has 4 N–H and O–H groups in total. The summed E-state index contributed by atoms with van der Waals surface area (Å²) < 4.78 is 28.5. The molecule has 1 atom stereocenters. The molecule has 1 heterocycles. The van der Waals surface area contributed by atoms with Crippen molar-refractivity contribution in [1.82, 2.24) is 14.3 Å². The summed E-state index contributed by atoms with van der Waals surface area (Å²) in [5.74, 6) is 0.615. The predicted octanol–water partition coefficient (Wildman–Crippen LogP) is 0.594. The Kier molecular flexibility index (Phi) is 5.07. The summed E-state index contributed by atoms with van der Waals surface area (Å²) in [7, 11) is -3.66. The maximum absolute atomic E-state index is 12.1. The van der Waals surface area contributed by atoms with Gasteiger partial charge in [-0.1, -0.05) is 6.92 Å². The first-order valence-corrected chi connectivity index (χ1v) is 7.63. The summed E-state index contributed by atoms with van der Waals surface area (Å²) in [6.45, 7) is 6.18. The third kappa shape index (κ3) is 4.32. The van der Waals surface area contributed by atoms with Gasteiger partial charge in [-0.25, -0.2) is 18.1 Å². The maximum Gasteiger partial charge on any atom is 0.259 e. The number of imidazole rings is 1. The van der Waals surface area contributed by atoms with Crippen LogP contribution in [0.1, 0.15) is 32.5 Å². The van der Waals surface area contributed by atoms with E-state index in [1.165, 1.54) is 6.20 Å². The van der Waals surface area contributed by atoms with Gasteiger partial charge in [0.15, 0.2) is 5.03 Å². The van der Waals surface area contributed by atoms with Gasteiger partial charge in [0, 0.05) is 25.2 Å². The summed E-state index contributed by atoms with van der Waals surface area (Å²) >= 11 is 0. The lowest BCUT2D eigenvalue weighted by molar-refractivity contribution is 0.561. The molecule has 1 aromatic rings. The minimum Gasteiger partial charge on any atom is -0.388 e. The molecular weight excluding hydrogens is 266 g/mol. The average Bonchev–Trinajstić information content (AvgIpc) is 2.59.